The van der Waals surface area contributed by atoms with Crippen molar-refractivity contribution in [3.05, 3.63) is 28.2 Å². The molecule has 2 N–H and O–H groups in total. The maximum Gasteiger partial charge on any atom is 0.314 e. The van der Waals surface area contributed by atoms with Crippen LogP contribution in [0.25, 0.3) is 0 Å². The van der Waals surface area contributed by atoms with E-state index in [1.807, 2.05) is 0 Å². The smallest absolute Gasteiger partial charge is 0.314 e. The van der Waals surface area contributed by atoms with Gasteiger partial charge in [-0.2, -0.15) is 0 Å². The minimum Gasteiger partial charge on any atom is -0.508 e. The summed E-state index contributed by atoms with van der Waals surface area (Å²) >= 11 is 3.30. The molecule has 3 nitrogen and oxygen atoms in total. The molecule has 0 saturated heterocycles. The summed E-state index contributed by atoms with van der Waals surface area (Å²) < 4.78 is 0.746. The van der Waals surface area contributed by atoms with Gasteiger partial charge in [-0.3, -0.25) is 4.79 Å². The van der Waals surface area contributed by atoms with Gasteiger partial charge in [0.25, 0.3) is 0 Å². The van der Waals surface area contributed by atoms with Crippen LogP contribution in [0, 0.1) is 0 Å². The number of aliphatic carboxylic acids is 1. The van der Waals surface area contributed by atoms with Crippen molar-refractivity contribution in [1.29, 1.82) is 0 Å². The van der Waals surface area contributed by atoms with Gasteiger partial charge in [0.2, 0.25) is 0 Å². The van der Waals surface area contributed by atoms with Crippen molar-refractivity contribution in [3.8, 4) is 5.75 Å². The molecular formula is C10H9BrO3. The zero-order chi connectivity index (χ0) is 10.3. The standard InChI is InChI=1S/C10H9BrO3/c11-8-2-1-6(12)5-7(8)10(3-4-10)9(13)14/h1-2,5,12H,3-4H2,(H,13,14). The van der Waals surface area contributed by atoms with Crippen LogP contribution in [0.15, 0.2) is 22.7 Å². The van der Waals surface area contributed by atoms with E-state index >= 15 is 0 Å². The van der Waals surface area contributed by atoms with Crippen LogP contribution >= 0.6 is 15.9 Å². The van der Waals surface area contributed by atoms with Gasteiger partial charge in [-0.25, -0.2) is 0 Å². The zero-order valence-corrected chi connectivity index (χ0v) is 8.91. The number of carbonyl (C=O) groups is 1. The van der Waals surface area contributed by atoms with Crippen molar-refractivity contribution in [2.24, 2.45) is 0 Å². The molecule has 0 aliphatic heterocycles. The van der Waals surface area contributed by atoms with Crippen LogP contribution in [0.4, 0.5) is 0 Å². The molecule has 0 radical (unpaired) electrons. The van der Waals surface area contributed by atoms with E-state index in [0.717, 1.165) is 4.47 Å². The summed E-state index contributed by atoms with van der Waals surface area (Å²) in [5, 5.41) is 18.4. The Morgan fingerprint density at radius 3 is 2.57 bits per heavy atom. The highest BCUT2D eigenvalue weighted by molar-refractivity contribution is 9.10. The molecule has 0 bridgehead atoms. The van der Waals surface area contributed by atoms with Crippen molar-refractivity contribution in [3.63, 3.8) is 0 Å². The highest BCUT2D eigenvalue weighted by Gasteiger charge is 2.52. The number of rotatable bonds is 2. The van der Waals surface area contributed by atoms with Gasteiger partial charge in [-0.15, -0.1) is 0 Å². The van der Waals surface area contributed by atoms with Gasteiger partial charge in [0, 0.05) is 4.47 Å². The molecule has 1 saturated carbocycles. The first kappa shape index (κ1) is 9.52. The molecule has 74 valence electrons. The van der Waals surface area contributed by atoms with Crippen LogP contribution in [0.5, 0.6) is 5.75 Å². The minimum atomic E-state index is -0.816. The van der Waals surface area contributed by atoms with E-state index in [2.05, 4.69) is 15.9 Å². The first-order valence-corrected chi connectivity index (χ1v) is 5.08. The van der Waals surface area contributed by atoms with Crippen LogP contribution < -0.4 is 0 Å². The molecule has 1 fully saturated rings. The van der Waals surface area contributed by atoms with Crippen molar-refractivity contribution in [2.75, 3.05) is 0 Å². The Kier molecular flexibility index (Phi) is 2.03. The first-order chi connectivity index (χ1) is 6.56. The lowest BCUT2D eigenvalue weighted by atomic mass is 9.96. The lowest BCUT2D eigenvalue weighted by Crippen LogP contribution is -2.19. The number of halogens is 1. The van der Waals surface area contributed by atoms with Gasteiger partial charge < -0.3 is 10.2 Å². The van der Waals surface area contributed by atoms with Gasteiger partial charge in [0.15, 0.2) is 0 Å². The summed E-state index contributed by atoms with van der Waals surface area (Å²) in [6, 6.07) is 4.73. The summed E-state index contributed by atoms with van der Waals surface area (Å²) in [4.78, 5) is 11.0. The van der Waals surface area contributed by atoms with E-state index in [-0.39, 0.29) is 5.75 Å². The predicted octanol–water partition coefficient (Wildman–Crippen LogP) is 2.27. The number of carboxylic acids is 1. The molecule has 2 rings (SSSR count). The number of hydrogen-bond acceptors (Lipinski definition) is 2. The van der Waals surface area contributed by atoms with E-state index in [4.69, 9.17) is 5.11 Å². The van der Waals surface area contributed by atoms with Gasteiger partial charge in [0.05, 0.1) is 5.41 Å². The molecule has 0 aromatic heterocycles. The molecule has 4 heteroatoms. The fraction of sp³-hybridized carbons (Fsp3) is 0.300. The monoisotopic (exact) mass is 256 g/mol. The number of phenolic OH excluding ortho intramolecular Hbond substituents is 1. The minimum absolute atomic E-state index is 0.107. The van der Waals surface area contributed by atoms with E-state index in [9.17, 15) is 9.90 Å². The molecule has 1 aromatic rings. The SMILES string of the molecule is O=C(O)C1(c2cc(O)ccc2Br)CC1. The van der Waals surface area contributed by atoms with Gasteiger partial charge in [-0.1, -0.05) is 15.9 Å². The third kappa shape index (κ3) is 1.30. The van der Waals surface area contributed by atoms with Crippen molar-refractivity contribution in [1.82, 2.24) is 0 Å². The molecular weight excluding hydrogens is 248 g/mol. The Labute approximate surface area is 89.5 Å². The van der Waals surface area contributed by atoms with Gasteiger partial charge >= 0.3 is 5.97 Å². The Balaban J connectivity index is 2.51. The number of phenols is 1. The number of hydrogen-bond donors (Lipinski definition) is 2. The molecule has 0 spiro atoms. The van der Waals surface area contributed by atoms with E-state index in [0.29, 0.717) is 18.4 Å². The largest absolute Gasteiger partial charge is 0.508 e. The molecule has 0 atom stereocenters. The maximum atomic E-state index is 11.0. The molecule has 14 heavy (non-hydrogen) atoms. The number of aromatic hydroxyl groups is 1. The summed E-state index contributed by atoms with van der Waals surface area (Å²) in [6.45, 7) is 0. The first-order valence-electron chi connectivity index (χ1n) is 4.29. The van der Waals surface area contributed by atoms with E-state index in [1.54, 1.807) is 6.07 Å². The average Bonchev–Trinajstić information content (AvgIpc) is 2.90. The summed E-state index contributed by atoms with van der Waals surface area (Å²) in [6.07, 6.45) is 1.29. The Morgan fingerprint density at radius 1 is 1.43 bits per heavy atom. The third-order valence-corrected chi connectivity index (χ3v) is 3.32. The normalized spacial score (nSPS) is 17.8. The van der Waals surface area contributed by atoms with Crippen molar-refractivity contribution >= 4 is 21.9 Å². The topological polar surface area (TPSA) is 57.5 Å². The fourth-order valence-electron chi connectivity index (χ4n) is 1.60. The Morgan fingerprint density at radius 2 is 2.07 bits per heavy atom. The van der Waals surface area contributed by atoms with Crippen LogP contribution in [0.1, 0.15) is 18.4 Å². The molecule has 0 amide bonds. The van der Waals surface area contributed by atoms with E-state index in [1.165, 1.54) is 12.1 Å². The molecule has 1 aromatic carbocycles. The summed E-state index contributed by atoms with van der Waals surface area (Å²) in [5.41, 5.74) is -0.0950. The zero-order valence-electron chi connectivity index (χ0n) is 7.33. The van der Waals surface area contributed by atoms with Crippen molar-refractivity contribution < 1.29 is 15.0 Å². The quantitative estimate of drug-likeness (QED) is 0.854. The molecule has 0 unspecified atom stereocenters. The van der Waals surface area contributed by atoms with Crippen LogP contribution in [0.3, 0.4) is 0 Å². The average molecular weight is 257 g/mol. The van der Waals surface area contributed by atoms with E-state index < -0.39 is 11.4 Å². The maximum absolute atomic E-state index is 11.0. The Bertz CT molecular complexity index is 396. The second kappa shape index (κ2) is 2.98. The van der Waals surface area contributed by atoms with Gasteiger partial charge in [-0.05, 0) is 36.6 Å². The summed E-state index contributed by atoms with van der Waals surface area (Å²) in [7, 11) is 0. The highest BCUT2D eigenvalue weighted by Crippen LogP contribution is 2.51. The second-order valence-electron chi connectivity index (χ2n) is 3.55. The number of carboxylic acid groups (broad SMARTS) is 1. The predicted molar refractivity (Wildman–Crippen MR) is 54.4 cm³/mol. The highest BCUT2D eigenvalue weighted by atomic mass is 79.9. The Hall–Kier alpha value is -1.03. The fourth-order valence-corrected chi connectivity index (χ4v) is 2.23. The van der Waals surface area contributed by atoms with Gasteiger partial charge in [0.1, 0.15) is 5.75 Å². The van der Waals surface area contributed by atoms with Crippen LogP contribution in [-0.4, -0.2) is 16.2 Å². The summed E-state index contributed by atoms with van der Waals surface area (Å²) in [5.74, 6) is -0.709. The molecule has 0 heterocycles. The number of benzene rings is 1. The lowest BCUT2D eigenvalue weighted by molar-refractivity contribution is -0.140. The lowest BCUT2D eigenvalue weighted by Gasteiger charge is -2.12. The molecule has 1 aliphatic carbocycles. The van der Waals surface area contributed by atoms with Crippen LogP contribution in [-0.2, 0) is 10.2 Å². The third-order valence-electron chi connectivity index (χ3n) is 2.62. The molecule has 1 aliphatic rings. The van der Waals surface area contributed by atoms with Crippen LogP contribution in [0.2, 0.25) is 0 Å². The van der Waals surface area contributed by atoms with Crippen molar-refractivity contribution in [2.45, 2.75) is 18.3 Å². The second-order valence-corrected chi connectivity index (χ2v) is 4.41.